The molecular weight excluding hydrogens is 888 g/mol. The van der Waals surface area contributed by atoms with Gasteiger partial charge in [-0.3, -0.25) is 27.8 Å². The molecule has 0 fully saturated rings. The Labute approximate surface area is 370 Å². The Balaban J connectivity index is 1.77. The fraction of sp³-hybridized carbons (Fsp3) is 0.550. The SMILES string of the molecule is CC(C)[C@H](NC(=O)OCc1ccccc1)C(=O)OCCCC(=O)OCOP(=O)(O)C(O)(CCCN)P(=O)(O)OCOC(=O)CCCOC(=O)[C@@H](NC(=O)OCc1ccccc1)C(C)C. The van der Waals surface area contributed by atoms with E-state index in [1.165, 1.54) is 0 Å². The fourth-order valence-corrected chi connectivity index (χ4v) is 8.51. The Kier molecular flexibility index (Phi) is 24.2. The van der Waals surface area contributed by atoms with E-state index in [2.05, 4.69) is 19.7 Å². The maximum Gasteiger partial charge on any atom is 0.408 e. The van der Waals surface area contributed by atoms with Crippen LogP contribution in [0.15, 0.2) is 60.7 Å². The van der Waals surface area contributed by atoms with Crippen LogP contribution in [0, 0.1) is 11.8 Å². The quantitative estimate of drug-likeness (QED) is 0.0217. The number of hydrogen-bond acceptors (Lipinski definition) is 18. The van der Waals surface area contributed by atoms with Crippen LogP contribution in [0.5, 0.6) is 0 Å². The standard InChI is InChI=1S/C40H59N3O19P2/c1-28(2)34(42-38(48)57-24-30-14-7-5-8-15-30)36(46)55-22-11-18-32(44)59-26-61-63(51,52)40(50,20-13-21-41)64(53,54)62-27-60-33(45)19-12-23-56-37(47)35(29(3)4)43-39(49)58-25-31-16-9-6-10-17-31/h5-10,14-17,28-29,34-35,50H,11-13,18-27,41H2,1-4H3,(H,42,48)(H,43,49)(H,51,52)(H,53,54)/t34-,35-/m0/s1. The van der Waals surface area contributed by atoms with Gasteiger partial charge in [0.1, 0.15) is 25.3 Å². The molecular formula is C40H59N3O19P2. The summed E-state index contributed by atoms with van der Waals surface area (Å²) < 4.78 is 65.8. The Morgan fingerprint density at radius 2 is 0.984 bits per heavy atom. The van der Waals surface area contributed by atoms with E-state index in [1.54, 1.807) is 88.4 Å². The van der Waals surface area contributed by atoms with Crippen LogP contribution in [0.2, 0.25) is 0 Å². The van der Waals surface area contributed by atoms with Crippen molar-refractivity contribution < 1.29 is 90.3 Å². The second-order valence-electron chi connectivity index (χ2n) is 14.6. The van der Waals surface area contributed by atoms with Gasteiger partial charge in [-0.2, -0.15) is 0 Å². The van der Waals surface area contributed by atoms with E-state index in [0.29, 0.717) is 0 Å². The van der Waals surface area contributed by atoms with E-state index in [-0.39, 0.29) is 76.9 Å². The monoisotopic (exact) mass is 947 g/mol. The average molecular weight is 948 g/mol. The number of amides is 2. The molecule has 0 saturated carbocycles. The highest BCUT2D eigenvalue weighted by atomic mass is 31.2. The fourth-order valence-electron chi connectivity index (χ4n) is 5.20. The molecule has 64 heavy (non-hydrogen) atoms. The number of ether oxygens (including phenoxy) is 6. The van der Waals surface area contributed by atoms with Crippen LogP contribution < -0.4 is 16.4 Å². The third-order valence-corrected chi connectivity index (χ3v) is 13.6. The zero-order chi connectivity index (χ0) is 47.8. The maximum atomic E-state index is 13.1. The summed E-state index contributed by atoms with van der Waals surface area (Å²) in [5.41, 5.74) is 6.92. The number of benzene rings is 2. The van der Waals surface area contributed by atoms with Crippen LogP contribution in [0.1, 0.15) is 77.3 Å². The van der Waals surface area contributed by atoms with Crippen LogP contribution in [0.3, 0.4) is 0 Å². The minimum absolute atomic E-state index is 0.0226. The molecule has 24 heteroatoms. The number of carbonyl (C=O) groups excluding carboxylic acids is 6. The predicted octanol–water partition coefficient (Wildman–Crippen LogP) is 4.33. The van der Waals surface area contributed by atoms with Gasteiger partial charge in [0.15, 0.2) is 0 Å². The molecule has 2 aromatic carbocycles. The smallest absolute Gasteiger partial charge is 0.408 e. The highest BCUT2D eigenvalue weighted by Gasteiger charge is 2.62. The van der Waals surface area contributed by atoms with Crippen molar-refractivity contribution in [3.63, 3.8) is 0 Å². The van der Waals surface area contributed by atoms with Gasteiger partial charge in [0, 0.05) is 19.3 Å². The second-order valence-corrected chi connectivity index (χ2v) is 19.1. The molecule has 0 aliphatic heterocycles. The van der Waals surface area contributed by atoms with E-state index in [1.807, 2.05) is 0 Å². The van der Waals surface area contributed by atoms with Crippen LogP contribution in [-0.2, 0) is 79.0 Å². The first-order valence-corrected chi connectivity index (χ1v) is 23.3. The van der Waals surface area contributed by atoms with Gasteiger partial charge in [-0.15, -0.1) is 0 Å². The molecule has 0 saturated heterocycles. The normalized spacial score (nSPS) is 15.0. The van der Waals surface area contributed by atoms with Gasteiger partial charge < -0.3 is 59.7 Å². The minimum atomic E-state index is -5.61. The summed E-state index contributed by atoms with van der Waals surface area (Å²) in [6.45, 7) is 3.29. The molecule has 2 aromatic rings. The molecule has 0 radical (unpaired) electrons. The molecule has 22 nitrogen and oxygen atoms in total. The molecule has 2 unspecified atom stereocenters. The van der Waals surface area contributed by atoms with Crippen molar-refractivity contribution in [3.8, 4) is 0 Å². The first kappa shape index (κ1) is 55.2. The van der Waals surface area contributed by atoms with Crippen molar-refractivity contribution in [2.45, 2.75) is 96.6 Å². The Hall–Kier alpha value is -4.92. The van der Waals surface area contributed by atoms with Gasteiger partial charge in [-0.25, -0.2) is 19.2 Å². The zero-order valence-corrected chi connectivity index (χ0v) is 37.9. The summed E-state index contributed by atoms with van der Waals surface area (Å²) in [4.78, 5) is 95.5. The van der Waals surface area contributed by atoms with Crippen LogP contribution >= 0.6 is 15.2 Å². The zero-order valence-electron chi connectivity index (χ0n) is 36.1. The van der Waals surface area contributed by atoms with Crippen molar-refractivity contribution in [3.05, 3.63) is 71.8 Å². The summed E-state index contributed by atoms with van der Waals surface area (Å²) in [6, 6.07) is 15.6. The lowest BCUT2D eigenvalue weighted by Gasteiger charge is -2.33. The lowest BCUT2D eigenvalue weighted by molar-refractivity contribution is -0.153. The van der Waals surface area contributed by atoms with Gasteiger partial charge in [0.05, 0.1) is 13.2 Å². The summed E-state index contributed by atoms with van der Waals surface area (Å²) in [7, 11) is -11.2. The average Bonchev–Trinajstić information content (AvgIpc) is 3.25. The molecule has 0 spiro atoms. The first-order valence-electron chi connectivity index (χ1n) is 20.2. The number of nitrogens with one attached hydrogen (secondary N) is 2. The number of carbonyl (C=O) groups is 6. The van der Waals surface area contributed by atoms with Gasteiger partial charge in [-0.1, -0.05) is 88.4 Å². The molecule has 7 N–H and O–H groups in total. The lowest BCUT2D eigenvalue weighted by Crippen LogP contribution is -2.45. The minimum Gasteiger partial charge on any atom is -0.464 e. The number of hydrogen-bond donors (Lipinski definition) is 6. The highest BCUT2D eigenvalue weighted by Crippen LogP contribution is 2.73. The third-order valence-electron chi connectivity index (χ3n) is 8.87. The van der Waals surface area contributed by atoms with E-state index in [0.717, 1.165) is 11.1 Å². The van der Waals surface area contributed by atoms with E-state index in [9.17, 15) is 52.8 Å². The Morgan fingerprint density at radius 3 is 1.33 bits per heavy atom. The van der Waals surface area contributed by atoms with Crippen LogP contribution in [0.4, 0.5) is 9.59 Å². The topological polar surface area (TPSA) is 321 Å². The Morgan fingerprint density at radius 1 is 0.609 bits per heavy atom. The number of esters is 4. The van der Waals surface area contributed by atoms with E-state index < -0.39 is 88.4 Å². The van der Waals surface area contributed by atoms with Gasteiger partial charge in [0.25, 0.3) is 5.08 Å². The predicted molar refractivity (Wildman–Crippen MR) is 224 cm³/mol. The molecule has 0 bridgehead atoms. The highest BCUT2D eigenvalue weighted by molar-refractivity contribution is 7.72. The van der Waals surface area contributed by atoms with Gasteiger partial charge >= 0.3 is 51.3 Å². The van der Waals surface area contributed by atoms with Crippen molar-refractivity contribution in [1.82, 2.24) is 10.6 Å². The molecule has 0 aliphatic carbocycles. The molecule has 0 aliphatic rings. The third kappa shape index (κ3) is 19.4. The second kappa shape index (κ2) is 28.1. The number of rotatable bonds is 29. The summed E-state index contributed by atoms with van der Waals surface area (Å²) in [5.74, 6) is -4.38. The van der Waals surface area contributed by atoms with Crippen molar-refractivity contribution in [2.24, 2.45) is 17.6 Å². The molecule has 4 atom stereocenters. The van der Waals surface area contributed by atoms with Crippen molar-refractivity contribution in [2.75, 3.05) is 33.3 Å². The molecule has 2 amide bonds. The van der Waals surface area contributed by atoms with Crippen molar-refractivity contribution >= 4 is 51.3 Å². The van der Waals surface area contributed by atoms with E-state index >= 15 is 0 Å². The molecule has 0 aromatic heterocycles. The number of alkyl carbamates (subject to hydrolysis) is 2. The van der Waals surface area contributed by atoms with Crippen molar-refractivity contribution in [1.29, 1.82) is 0 Å². The summed E-state index contributed by atoms with van der Waals surface area (Å²) in [5, 5.41) is 12.4. The summed E-state index contributed by atoms with van der Waals surface area (Å²) in [6.07, 6.45) is -3.85. The molecule has 2 rings (SSSR count). The summed E-state index contributed by atoms with van der Waals surface area (Å²) >= 11 is 0. The number of nitrogens with two attached hydrogens (primary N) is 1. The molecule has 0 heterocycles. The number of aliphatic hydroxyl groups is 1. The van der Waals surface area contributed by atoms with Crippen LogP contribution in [0.25, 0.3) is 0 Å². The molecule has 358 valence electrons. The maximum absolute atomic E-state index is 13.1. The van der Waals surface area contributed by atoms with E-state index in [4.69, 9.17) is 34.2 Å². The lowest BCUT2D eigenvalue weighted by atomic mass is 10.1. The largest absolute Gasteiger partial charge is 0.464 e. The Bertz CT molecular complexity index is 1760. The van der Waals surface area contributed by atoms with Gasteiger partial charge in [0.2, 0.25) is 13.6 Å². The first-order chi connectivity index (χ1) is 30.2. The van der Waals surface area contributed by atoms with Crippen LogP contribution in [-0.4, -0.2) is 101 Å². The van der Waals surface area contributed by atoms with Gasteiger partial charge in [-0.05, 0) is 48.8 Å².